The molecule has 9 heteroatoms. The number of nitrogens with zero attached hydrogens (tertiary/aromatic N) is 1. The Morgan fingerprint density at radius 3 is 2.58 bits per heavy atom. The Balaban J connectivity index is 1.43. The Labute approximate surface area is 236 Å². The third-order valence-corrected chi connectivity index (χ3v) is 7.57. The molecule has 4 rings (SSSR count). The SMILES string of the molecule is CCC[C@H](C(N)=O)[C@@H](CC(C)C)C(=O)N[C@H]1CCCCN(Cc2cccc(Nc3ccc4c(c3)OCO4)c2)C1=O. The topological polar surface area (TPSA) is 123 Å². The highest BCUT2D eigenvalue weighted by Gasteiger charge is 2.36. The highest BCUT2D eigenvalue weighted by Crippen LogP contribution is 2.35. The van der Waals surface area contributed by atoms with Gasteiger partial charge in [0, 0.05) is 42.4 Å². The van der Waals surface area contributed by atoms with Gasteiger partial charge < -0.3 is 30.7 Å². The zero-order chi connectivity index (χ0) is 28.6. The lowest BCUT2D eigenvalue weighted by molar-refractivity contribution is -0.139. The number of hydrogen-bond acceptors (Lipinski definition) is 6. The van der Waals surface area contributed by atoms with Gasteiger partial charge >= 0.3 is 0 Å². The van der Waals surface area contributed by atoms with Crippen LogP contribution in [0.15, 0.2) is 42.5 Å². The molecule has 1 fully saturated rings. The van der Waals surface area contributed by atoms with E-state index in [9.17, 15) is 14.4 Å². The first kappa shape index (κ1) is 29.2. The summed E-state index contributed by atoms with van der Waals surface area (Å²) in [6, 6.07) is 13.0. The molecule has 2 aliphatic heterocycles. The highest BCUT2D eigenvalue weighted by atomic mass is 16.7. The van der Waals surface area contributed by atoms with Crippen molar-refractivity contribution in [1.29, 1.82) is 0 Å². The minimum Gasteiger partial charge on any atom is -0.454 e. The highest BCUT2D eigenvalue weighted by molar-refractivity contribution is 5.91. The van der Waals surface area contributed by atoms with Crippen LogP contribution in [0, 0.1) is 17.8 Å². The number of benzene rings is 2. The number of fused-ring (bicyclic) bond motifs is 1. The van der Waals surface area contributed by atoms with E-state index in [0.29, 0.717) is 38.1 Å². The molecule has 3 atom stereocenters. The van der Waals surface area contributed by atoms with Gasteiger partial charge in [-0.1, -0.05) is 39.3 Å². The van der Waals surface area contributed by atoms with Crippen LogP contribution in [-0.2, 0) is 20.9 Å². The lowest BCUT2D eigenvalue weighted by atomic mass is 9.81. The van der Waals surface area contributed by atoms with Gasteiger partial charge in [-0.05, 0) is 67.9 Å². The Morgan fingerprint density at radius 2 is 1.82 bits per heavy atom. The second kappa shape index (κ2) is 13.5. The van der Waals surface area contributed by atoms with Crippen LogP contribution in [0.5, 0.6) is 11.5 Å². The first-order valence-electron chi connectivity index (χ1n) is 14.4. The molecule has 2 aromatic carbocycles. The number of likely N-dealkylation sites (tertiary alicyclic amines) is 1. The largest absolute Gasteiger partial charge is 0.454 e. The average molecular weight is 551 g/mol. The molecule has 216 valence electrons. The molecule has 9 nitrogen and oxygen atoms in total. The Kier molecular flexibility index (Phi) is 9.90. The number of carbonyl (C=O) groups is 3. The molecule has 40 heavy (non-hydrogen) atoms. The number of primary amides is 1. The van der Waals surface area contributed by atoms with Crippen LogP contribution >= 0.6 is 0 Å². The summed E-state index contributed by atoms with van der Waals surface area (Å²) >= 11 is 0. The fourth-order valence-corrected chi connectivity index (χ4v) is 5.60. The fraction of sp³-hybridized carbons (Fsp3) is 0.516. The molecule has 0 radical (unpaired) electrons. The summed E-state index contributed by atoms with van der Waals surface area (Å²) in [5.74, 6) is -0.218. The summed E-state index contributed by atoms with van der Waals surface area (Å²) < 4.78 is 10.9. The van der Waals surface area contributed by atoms with Gasteiger partial charge in [0.2, 0.25) is 24.5 Å². The second-order valence-corrected chi connectivity index (χ2v) is 11.2. The molecule has 0 unspecified atom stereocenters. The minimum atomic E-state index is -0.616. The fourth-order valence-electron chi connectivity index (χ4n) is 5.60. The first-order valence-corrected chi connectivity index (χ1v) is 14.4. The van der Waals surface area contributed by atoms with Crippen LogP contribution in [0.1, 0.15) is 64.9 Å². The zero-order valence-corrected chi connectivity index (χ0v) is 23.8. The average Bonchev–Trinajstić information content (AvgIpc) is 3.32. The first-order chi connectivity index (χ1) is 19.2. The molecular formula is C31H42N4O5. The second-order valence-electron chi connectivity index (χ2n) is 11.2. The van der Waals surface area contributed by atoms with Gasteiger partial charge in [0.05, 0.1) is 0 Å². The van der Waals surface area contributed by atoms with Gasteiger partial charge in [-0.2, -0.15) is 0 Å². The van der Waals surface area contributed by atoms with Crippen molar-refractivity contribution in [3.05, 3.63) is 48.0 Å². The van der Waals surface area contributed by atoms with Crippen molar-refractivity contribution in [3.8, 4) is 11.5 Å². The summed E-state index contributed by atoms with van der Waals surface area (Å²) in [5.41, 5.74) is 8.47. The molecule has 0 bridgehead atoms. The van der Waals surface area contributed by atoms with E-state index in [1.54, 1.807) is 0 Å². The number of rotatable bonds is 12. The maximum Gasteiger partial charge on any atom is 0.245 e. The predicted octanol–water partition coefficient (Wildman–Crippen LogP) is 4.72. The Morgan fingerprint density at radius 1 is 1.05 bits per heavy atom. The normalized spacial score (nSPS) is 18.2. The Bertz CT molecular complexity index is 1200. The summed E-state index contributed by atoms with van der Waals surface area (Å²) in [6.07, 6.45) is 4.14. The van der Waals surface area contributed by atoms with Crippen molar-refractivity contribution in [2.24, 2.45) is 23.5 Å². The summed E-state index contributed by atoms with van der Waals surface area (Å²) in [4.78, 5) is 41.1. The van der Waals surface area contributed by atoms with Gasteiger partial charge in [0.25, 0.3) is 0 Å². The number of anilines is 2. The number of hydrogen-bond donors (Lipinski definition) is 3. The van der Waals surface area contributed by atoms with Crippen LogP contribution in [0.25, 0.3) is 0 Å². The van der Waals surface area contributed by atoms with Crippen molar-refractivity contribution in [2.75, 3.05) is 18.7 Å². The van der Waals surface area contributed by atoms with E-state index in [0.717, 1.165) is 42.0 Å². The summed E-state index contributed by atoms with van der Waals surface area (Å²) in [7, 11) is 0. The van der Waals surface area contributed by atoms with E-state index in [1.807, 2.05) is 68.1 Å². The molecule has 0 aliphatic carbocycles. The van der Waals surface area contributed by atoms with Crippen molar-refractivity contribution >= 4 is 29.1 Å². The summed E-state index contributed by atoms with van der Waals surface area (Å²) in [5, 5.41) is 6.41. The van der Waals surface area contributed by atoms with Crippen LogP contribution < -0.4 is 25.8 Å². The van der Waals surface area contributed by atoms with Crippen molar-refractivity contribution in [2.45, 2.75) is 71.9 Å². The molecule has 0 aromatic heterocycles. The van der Waals surface area contributed by atoms with E-state index in [4.69, 9.17) is 15.2 Å². The monoisotopic (exact) mass is 550 g/mol. The predicted molar refractivity (Wildman–Crippen MR) is 154 cm³/mol. The van der Waals surface area contributed by atoms with Gasteiger partial charge in [-0.3, -0.25) is 14.4 Å². The van der Waals surface area contributed by atoms with Crippen LogP contribution in [-0.4, -0.2) is 42.0 Å². The van der Waals surface area contributed by atoms with Gasteiger partial charge in [-0.15, -0.1) is 0 Å². The molecule has 2 aromatic rings. The third kappa shape index (κ3) is 7.46. The molecule has 1 saturated heterocycles. The number of nitrogens with two attached hydrogens (primary N) is 1. The van der Waals surface area contributed by atoms with Crippen LogP contribution in [0.2, 0.25) is 0 Å². The number of carbonyl (C=O) groups excluding carboxylic acids is 3. The van der Waals surface area contributed by atoms with E-state index >= 15 is 0 Å². The van der Waals surface area contributed by atoms with Gasteiger partial charge in [0.15, 0.2) is 11.5 Å². The number of nitrogens with one attached hydrogen (secondary N) is 2. The maximum absolute atomic E-state index is 13.6. The van der Waals surface area contributed by atoms with Crippen molar-refractivity contribution < 1.29 is 23.9 Å². The molecule has 0 saturated carbocycles. The minimum absolute atomic E-state index is 0.0885. The van der Waals surface area contributed by atoms with E-state index < -0.39 is 23.8 Å². The number of ether oxygens (including phenoxy) is 2. The standard InChI is InChI=1S/C31H42N4O5/c1-4-8-24(29(32)36)25(15-20(2)3)30(37)34-26-11-5-6-14-35(31(26)38)18-21-9-7-10-22(16-21)33-23-12-13-27-28(17-23)40-19-39-27/h7,9-10,12-13,16-17,20,24-26,33H,4-6,8,11,14-15,18-19H2,1-3H3,(H2,32,36)(H,34,37)/t24-,25+,26-/m0/s1. The van der Waals surface area contributed by atoms with Gasteiger partial charge in [0.1, 0.15) is 6.04 Å². The molecule has 2 aliphatic rings. The molecule has 3 amide bonds. The summed E-state index contributed by atoms with van der Waals surface area (Å²) in [6.45, 7) is 7.32. The molecule has 4 N–H and O–H groups in total. The lowest BCUT2D eigenvalue weighted by Crippen LogP contribution is -2.50. The van der Waals surface area contributed by atoms with Gasteiger partial charge in [-0.25, -0.2) is 0 Å². The molecular weight excluding hydrogens is 508 g/mol. The quantitative estimate of drug-likeness (QED) is 0.351. The zero-order valence-electron chi connectivity index (χ0n) is 23.8. The van der Waals surface area contributed by atoms with E-state index in [2.05, 4.69) is 10.6 Å². The third-order valence-electron chi connectivity index (χ3n) is 7.57. The van der Waals surface area contributed by atoms with Crippen LogP contribution in [0.3, 0.4) is 0 Å². The smallest absolute Gasteiger partial charge is 0.245 e. The lowest BCUT2D eigenvalue weighted by Gasteiger charge is -2.29. The molecule has 0 spiro atoms. The Hall–Kier alpha value is -3.75. The molecule has 2 heterocycles. The number of amides is 3. The van der Waals surface area contributed by atoms with Crippen LogP contribution in [0.4, 0.5) is 11.4 Å². The van der Waals surface area contributed by atoms with E-state index in [1.165, 1.54) is 0 Å². The van der Waals surface area contributed by atoms with Crippen molar-refractivity contribution in [3.63, 3.8) is 0 Å². The maximum atomic E-state index is 13.6. The van der Waals surface area contributed by atoms with E-state index in [-0.39, 0.29) is 24.5 Å². The van der Waals surface area contributed by atoms with Crippen molar-refractivity contribution in [1.82, 2.24) is 10.2 Å².